The summed E-state index contributed by atoms with van der Waals surface area (Å²) in [7, 11) is 0. The van der Waals surface area contributed by atoms with Crippen LogP contribution in [-0.4, -0.2) is 41.6 Å². The number of H-pyrrole nitrogens is 2. The largest absolute Gasteiger partial charge is 0.476 e. The van der Waals surface area contributed by atoms with Gasteiger partial charge in [-0.25, -0.2) is 9.78 Å². The summed E-state index contributed by atoms with van der Waals surface area (Å²) in [6.07, 6.45) is 2.50. The molecule has 0 amide bonds. The Morgan fingerprint density at radius 3 is 2.66 bits per heavy atom. The van der Waals surface area contributed by atoms with E-state index in [1.165, 1.54) is 17.5 Å². The molecule has 0 aliphatic carbocycles. The number of rotatable bonds is 7. The third kappa shape index (κ3) is 4.39. The fourth-order valence-corrected chi connectivity index (χ4v) is 4.99. The molecule has 12 heteroatoms. The molecule has 0 spiro atoms. The third-order valence-corrected chi connectivity index (χ3v) is 6.95. The van der Waals surface area contributed by atoms with Gasteiger partial charge in [0, 0.05) is 28.6 Å². The second kappa shape index (κ2) is 9.21. The maximum absolute atomic E-state index is 11.6. The fourth-order valence-electron chi connectivity index (χ4n) is 3.43. The van der Waals surface area contributed by atoms with Gasteiger partial charge in [-0.3, -0.25) is 10.2 Å². The van der Waals surface area contributed by atoms with Crippen molar-refractivity contribution >= 4 is 52.1 Å². The van der Waals surface area contributed by atoms with E-state index in [9.17, 15) is 15.0 Å². The van der Waals surface area contributed by atoms with E-state index >= 15 is 0 Å². The van der Waals surface area contributed by atoms with E-state index in [1.807, 2.05) is 6.92 Å². The molecule has 0 saturated heterocycles. The summed E-state index contributed by atoms with van der Waals surface area (Å²) in [5.74, 6) is -1.49. The highest BCUT2D eigenvalue weighted by molar-refractivity contribution is 7.16. The summed E-state index contributed by atoms with van der Waals surface area (Å²) < 4.78 is 0.279. The number of aromatic amines is 2. The van der Waals surface area contributed by atoms with E-state index in [1.54, 1.807) is 24.4 Å². The molecule has 166 valence electrons. The van der Waals surface area contributed by atoms with E-state index in [-0.39, 0.29) is 16.1 Å². The van der Waals surface area contributed by atoms with Crippen LogP contribution < -0.4 is 0 Å². The van der Waals surface area contributed by atoms with Crippen LogP contribution >= 0.6 is 46.1 Å². The van der Waals surface area contributed by atoms with Crippen LogP contribution in [0, 0.1) is 5.92 Å². The van der Waals surface area contributed by atoms with Gasteiger partial charge in [-0.1, -0.05) is 47.8 Å². The monoisotopic (exact) mass is 511 g/mol. The number of nitrogens with zero attached hydrogens (tertiary/aromatic N) is 3. The van der Waals surface area contributed by atoms with Crippen molar-refractivity contribution in [2.24, 2.45) is 5.92 Å². The number of aliphatic hydroxyl groups is 1. The normalized spacial score (nSPS) is 13.3. The SMILES string of the molecule is CC(Cc1[nH]nc(C(=O)O)c1-c1cn[nH]c1)C(O)c1sc(Cl)nc1-c1ccc(Cl)c(Cl)c1. The van der Waals surface area contributed by atoms with Crippen molar-refractivity contribution in [1.82, 2.24) is 25.4 Å². The van der Waals surface area contributed by atoms with Crippen molar-refractivity contribution in [2.45, 2.75) is 19.4 Å². The van der Waals surface area contributed by atoms with Crippen molar-refractivity contribution < 1.29 is 15.0 Å². The number of nitrogens with one attached hydrogen (secondary N) is 2. The number of carboxylic acids is 1. The number of aliphatic hydroxyl groups excluding tert-OH is 1. The lowest BCUT2D eigenvalue weighted by Crippen LogP contribution is -2.12. The van der Waals surface area contributed by atoms with Crippen LogP contribution in [0.5, 0.6) is 0 Å². The minimum Gasteiger partial charge on any atom is -0.476 e. The van der Waals surface area contributed by atoms with Crippen molar-refractivity contribution in [3.63, 3.8) is 0 Å². The van der Waals surface area contributed by atoms with E-state index in [2.05, 4.69) is 25.4 Å². The zero-order chi connectivity index (χ0) is 23.0. The first-order chi connectivity index (χ1) is 15.3. The minimum atomic E-state index is -1.16. The summed E-state index contributed by atoms with van der Waals surface area (Å²) in [6.45, 7) is 1.84. The average Bonchev–Trinajstić information content (AvgIpc) is 3.48. The van der Waals surface area contributed by atoms with Crippen LogP contribution in [-0.2, 0) is 6.42 Å². The van der Waals surface area contributed by atoms with Crippen LogP contribution in [0.4, 0.5) is 0 Å². The van der Waals surface area contributed by atoms with Gasteiger partial charge in [0.2, 0.25) is 0 Å². The summed E-state index contributed by atoms with van der Waals surface area (Å²) in [5, 5.41) is 34.7. The molecule has 0 saturated carbocycles. The zero-order valence-corrected chi connectivity index (χ0v) is 19.5. The van der Waals surface area contributed by atoms with Crippen molar-refractivity contribution in [3.8, 4) is 22.4 Å². The topological polar surface area (TPSA) is 128 Å². The van der Waals surface area contributed by atoms with E-state index in [4.69, 9.17) is 34.8 Å². The molecule has 3 aromatic heterocycles. The molecule has 0 aliphatic heterocycles. The molecule has 2 unspecified atom stereocenters. The van der Waals surface area contributed by atoms with Gasteiger partial charge in [-0.15, -0.1) is 11.3 Å². The highest BCUT2D eigenvalue weighted by Crippen LogP contribution is 2.40. The standard InChI is InChI=1S/C20H16Cl3N5O3S/c1-8(4-13-14(10-6-24-25-7-10)16(19(30)31)28-27-13)17(29)18-15(26-20(23)32-18)9-2-3-11(21)12(22)5-9/h2-3,5-8,17,29H,4H2,1H3,(H,24,25)(H,27,28)(H,30,31). The van der Waals surface area contributed by atoms with Crippen LogP contribution in [0.15, 0.2) is 30.6 Å². The van der Waals surface area contributed by atoms with E-state index < -0.39 is 12.1 Å². The Balaban J connectivity index is 1.66. The van der Waals surface area contributed by atoms with Crippen molar-refractivity contribution in [2.75, 3.05) is 0 Å². The molecular formula is C20H16Cl3N5O3S. The van der Waals surface area contributed by atoms with E-state index in [0.29, 0.717) is 49.4 Å². The lowest BCUT2D eigenvalue weighted by Gasteiger charge is -2.19. The number of benzene rings is 1. The molecule has 8 nitrogen and oxygen atoms in total. The highest BCUT2D eigenvalue weighted by atomic mass is 35.5. The second-order valence-corrected chi connectivity index (χ2v) is 9.58. The van der Waals surface area contributed by atoms with Crippen LogP contribution in [0.3, 0.4) is 0 Å². The number of hydrogen-bond acceptors (Lipinski definition) is 6. The Hall–Kier alpha value is -2.43. The maximum atomic E-state index is 11.6. The van der Waals surface area contributed by atoms with Gasteiger partial charge < -0.3 is 10.2 Å². The molecule has 2 atom stereocenters. The number of thiazole rings is 1. The van der Waals surface area contributed by atoms with Crippen LogP contribution in [0.2, 0.25) is 14.5 Å². The van der Waals surface area contributed by atoms with Gasteiger partial charge in [0.15, 0.2) is 10.2 Å². The predicted molar refractivity (Wildman–Crippen MR) is 124 cm³/mol. The molecular weight excluding hydrogens is 497 g/mol. The lowest BCUT2D eigenvalue weighted by molar-refractivity contribution is 0.0691. The van der Waals surface area contributed by atoms with E-state index in [0.717, 1.165) is 0 Å². The number of aromatic carboxylic acids is 1. The average molecular weight is 513 g/mol. The van der Waals surface area contributed by atoms with Gasteiger partial charge in [0.05, 0.1) is 32.9 Å². The minimum absolute atomic E-state index is 0.111. The Kier molecular flexibility index (Phi) is 6.55. The van der Waals surface area contributed by atoms with Gasteiger partial charge in [0.1, 0.15) is 0 Å². The number of carbonyl (C=O) groups is 1. The molecule has 32 heavy (non-hydrogen) atoms. The summed E-state index contributed by atoms with van der Waals surface area (Å²) >= 11 is 19.5. The van der Waals surface area contributed by atoms with Crippen LogP contribution in [0.1, 0.15) is 34.1 Å². The number of aromatic nitrogens is 5. The molecule has 0 radical (unpaired) electrons. The third-order valence-electron chi connectivity index (χ3n) is 4.98. The van der Waals surface area contributed by atoms with Gasteiger partial charge in [0.25, 0.3) is 0 Å². The van der Waals surface area contributed by atoms with Crippen molar-refractivity contribution in [3.05, 3.63) is 61.4 Å². The molecule has 4 rings (SSSR count). The highest BCUT2D eigenvalue weighted by Gasteiger charge is 2.28. The number of carboxylic acid groups (broad SMARTS) is 1. The molecule has 0 aliphatic rings. The first-order valence-electron chi connectivity index (χ1n) is 9.35. The summed E-state index contributed by atoms with van der Waals surface area (Å²) in [4.78, 5) is 16.6. The quantitative estimate of drug-likeness (QED) is 0.259. The fraction of sp³-hybridized carbons (Fsp3) is 0.200. The molecule has 1 aromatic carbocycles. The smallest absolute Gasteiger partial charge is 0.357 e. The summed E-state index contributed by atoms with van der Waals surface area (Å²) in [6, 6.07) is 5.08. The lowest BCUT2D eigenvalue weighted by atomic mass is 9.93. The summed E-state index contributed by atoms with van der Waals surface area (Å²) in [5.41, 5.74) is 2.67. The molecule has 0 bridgehead atoms. The number of halogens is 3. The Morgan fingerprint density at radius 2 is 2.00 bits per heavy atom. The van der Waals surface area contributed by atoms with Gasteiger partial charge >= 0.3 is 5.97 Å². The molecule has 4 N–H and O–H groups in total. The molecule has 0 fully saturated rings. The molecule has 3 heterocycles. The zero-order valence-electron chi connectivity index (χ0n) is 16.4. The van der Waals surface area contributed by atoms with Crippen molar-refractivity contribution in [1.29, 1.82) is 0 Å². The first kappa shape index (κ1) is 22.8. The first-order valence-corrected chi connectivity index (χ1v) is 11.3. The second-order valence-electron chi connectivity index (χ2n) is 7.15. The Labute approximate surface area is 201 Å². The molecule has 4 aromatic rings. The number of hydrogen-bond donors (Lipinski definition) is 4. The van der Waals surface area contributed by atoms with Gasteiger partial charge in [-0.05, 0) is 24.5 Å². The van der Waals surface area contributed by atoms with Gasteiger partial charge in [-0.2, -0.15) is 10.2 Å². The Bertz CT molecular complexity index is 1270. The maximum Gasteiger partial charge on any atom is 0.357 e. The Morgan fingerprint density at radius 1 is 1.22 bits per heavy atom. The van der Waals surface area contributed by atoms with Crippen LogP contribution in [0.25, 0.3) is 22.4 Å². The predicted octanol–water partition coefficient (Wildman–Crippen LogP) is 5.49.